The summed E-state index contributed by atoms with van der Waals surface area (Å²) in [7, 11) is 1.83. The molecule has 0 amide bonds. The highest BCUT2D eigenvalue weighted by Crippen LogP contribution is 2.12. The second kappa shape index (κ2) is 3.19. The minimum Gasteiger partial charge on any atom is -0.388 e. The van der Waals surface area contributed by atoms with Crippen LogP contribution in [0.2, 0.25) is 0 Å². The molecule has 11 heavy (non-hydrogen) atoms. The minimum absolute atomic E-state index is 0.747. The first-order chi connectivity index (χ1) is 5.27. The Morgan fingerprint density at radius 1 is 1.45 bits per heavy atom. The number of hydrogen-bond donors (Lipinski definition) is 1. The van der Waals surface area contributed by atoms with Crippen LogP contribution in [0.3, 0.4) is 0 Å². The summed E-state index contributed by atoms with van der Waals surface area (Å²) in [6.07, 6.45) is 0.871. The Hall–Kier alpha value is -1.31. The van der Waals surface area contributed by atoms with Crippen molar-refractivity contribution in [1.82, 2.24) is 0 Å². The Kier molecular flexibility index (Phi) is 2.26. The number of benzene rings is 1. The molecule has 2 heteroatoms. The van der Waals surface area contributed by atoms with E-state index in [4.69, 9.17) is 0 Å². The average molecular weight is 149 g/mol. The molecule has 0 aromatic heterocycles. The molecule has 0 radical (unpaired) electrons. The highest BCUT2D eigenvalue weighted by Gasteiger charge is 1.96. The molecule has 0 aliphatic carbocycles. The van der Waals surface area contributed by atoms with Crippen LogP contribution < -0.4 is 5.32 Å². The van der Waals surface area contributed by atoms with Crippen LogP contribution >= 0.6 is 0 Å². The monoisotopic (exact) mass is 149 g/mol. The second-order valence-corrected chi connectivity index (χ2v) is 2.44. The third-order valence-electron chi connectivity index (χ3n) is 1.69. The fraction of sp³-hybridized carbons (Fsp3) is 0.222. The topological polar surface area (TPSA) is 29.1 Å². The molecule has 0 saturated carbocycles. The van der Waals surface area contributed by atoms with Crippen molar-refractivity contribution >= 4 is 12.0 Å². The first-order valence-electron chi connectivity index (χ1n) is 3.51. The van der Waals surface area contributed by atoms with Crippen LogP contribution in [0.1, 0.15) is 15.9 Å². The molecule has 0 atom stereocenters. The van der Waals surface area contributed by atoms with Gasteiger partial charge in [-0.2, -0.15) is 0 Å². The molecular formula is C9H11NO. The van der Waals surface area contributed by atoms with E-state index in [0.29, 0.717) is 0 Å². The Morgan fingerprint density at radius 3 is 2.73 bits per heavy atom. The van der Waals surface area contributed by atoms with Gasteiger partial charge in [0.2, 0.25) is 0 Å². The zero-order chi connectivity index (χ0) is 8.27. The van der Waals surface area contributed by atoms with Crippen molar-refractivity contribution in [3.63, 3.8) is 0 Å². The molecule has 1 rings (SSSR count). The first kappa shape index (κ1) is 7.79. The van der Waals surface area contributed by atoms with Gasteiger partial charge in [-0.05, 0) is 24.6 Å². The summed E-state index contributed by atoms with van der Waals surface area (Å²) in [5.41, 5.74) is 2.73. The third-order valence-corrected chi connectivity index (χ3v) is 1.69. The molecule has 58 valence electrons. The fourth-order valence-electron chi connectivity index (χ4n) is 0.923. The number of aryl methyl sites for hydroxylation is 1. The average Bonchev–Trinajstić information content (AvgIpc) is 2.05. The molecule has 0 heterocycles. The molecule has 1 N–H and O–H groups in total. The van der Waals surface area contributed by atoms with Crippen molar-refractivity contribution in [3.05, 3.63) is 29.3 Å². The lowest BCUT2D eigenvalue weighted by atomic mass is 10.1. The van der Waals surface area contributed by atoms with Gasteiger partial charge in [-0.3, -0.25) is 4.79 Å². The molecule has 0 bridgehead atoms. The Labute approximate surface area is 66.2 Å². The second-order valence-electron chi connectivity index (χ2n) is 2.44. The number of anilines is 1. The Balaban J connectivity index is 3.12. The van der Waals surface area contributed by atoms with Gasteiger partial charge >= 0.3 is 0 Å². The number of rotatable bonds is 2. The van der Waals surface area contributed by atoms with E-state index >= 15 is 0 Å². The van der Waals surface area contributed by atoms with Gasteiger partial charge in [0.25, 0.3) is 0 Å². The Bertz CT molecular complexity index is 268. The van der Waals surface area contributed by atoms with E-state index in [1.165, 1.54) is 0 Å². The predicted molar refractivity (Wildman–Crippen MR) is 46.1 cm³/mol. The van der Waals surface area contributed by atoms with Gasteiger partial charge in [-0.1, -0.05) is 6.07 Å². The lowest BCUT2D eigenvalue weighted by Gasteiger charge is -2.02. The summed E-state index contributed by atoms with van der Waals surface area (Å²) < 4.78 is 0. The number of carbonyl (C=O) groups excluding carboxylic acids is 1. The molecule has 0 aliphatic heterocycles. The third kappa shape index (κ3) is 1.58. The van der Waals surface area contributed by atoms with Crippen LogP contribution in [0.5, 0.6) is 0 Å². The highest BCUT2D eigenvalue weighted by atomic mass is 16.1. The molecule has 0 aliphatic rings. The van der Waals surface area contributed by atoms with Gasteiger partial charge in [0, 0.05) is 18.3 Å². The maximum Gasteiger partial charge on any atom is 0.150 e. The van der Waals surface area contributed by atoms with Crippen molar-refractivity contribution in [2.45, 2.75) is 6.92 Å². The molecule has 0 saturated heterocycles. The summed E-state index contributed by atoms with van der Waals surface area (Å²) in [4.78, 5) is 10.5. The standard InChI is InChI=1S/C9H11NO/c1-7-3-4-9(10-2)5-8(7)6-11/h3-6,10H,1-2H3. The van der Waals surface area contributed by atoms with Crippen molar-refractivity contribution < 1.29 is 4.79 Å². The van der Waals surface area contributed by atoms with E-state index in [0.717, 1.165) is 23.1 Å². The maximum absolute atomic E-state index is 10.5. The largest absolute Gasteiger partial charge is 0.388 e. The summed E-state index contributed by atoms with van der Waals surface area (Å²) in [5, 5.41) is 2.97. The molecule has 0 spiro atoms. The number of hydrogen-bond acceptors (Lipinski definition) is 2. The van der Waals surface area contributed by atoms with E-state index < -0.39 is 0 Å². The SMILES string of the molecule is CNc1ccc(C)c(C=O)c1. The van der Waals surface area contributed by atoms with Gasteiger partial charge in [-0.25, -0.2) is 0 Å². The molecular weight excluding hydrogens is 138 g/mol. The predicted octanol–water partition coefficient (Wildman–Crippen LogP) is 1.85. The summed E-state index contributed by atoms with van der Waals surface area (Å²) in [6, 6.07) is 5.71. The van der Waals surface area contributed by atoms with Crippen molar-refractivity contribution in [2.75, 3.05) is 12.4 Å². The summed E-state index contributed by atoms with van der Waals surface area (Å²) in [5.74, 6) is 0. The first-order valence-corrected chi connectivity index (χ1v) is 3.51. The molecule has 1 aromatic rings. The van der Waals surface area contributed by atoms with Crippen molar-refractivity contribution in [2.24, 2.45) is 0 Å². The number of nitrogens with one attached hydrogen (secondary N) is 1. The van der Waals surface area contributed by atoms with E-state index in [1.807, 2.05) is 32.2 Å². The van der Waals surface area contributed by atoms with Gasteiger partial charge in [0.15, 0.2) is 0 Å². The molecule has 1 aromatic carbocycles. The lowest BCUT2D eigenvalue weighted by molar-refractivity contribution is 0.112. The minimum atomic E-state index is 0.747. The quantitative estimate of drug-likeness (QED) is 0.650. The maximum atomic E-state index is 10.5. The van der Waals surface area contributed by atoms with E-state index in [-0.39, 0.29) is 0 Å². The van der Waals surface area contributed by atoms with Crippen LogP contribution in [0.25, 0.3) is 0 Å². The number of carbonyl (C=O) groups is 1. The molecule has 2 nitrogen and oxygen atoms in total. The Morgan fingerprint density at radius 2 is 2.18 bits per heavy atom. The van der Waals surface area contributed by atoms with Crippen LogP contribution in [-0.2, 0) is 0 Å². The van der Waals surface area contributed by atoms with Crippen LogP contribution in [0.15, 0.2) is 18.2 Å². The van der Waals surface area contributed by atoms with E-state index in [2.05, 4.69) is 5.32 Å². The summed E-state index contributed by atoms with van der Waals surface area (Å²) in [6.45, 7) is 1.92. The molecule has 0 unspecified atom stereocenters. The lowest BCUT2D eigenvalue weighted by Crippen LogP contribution is -1.91. The fourth-order valence-corrected chi connectivity index (χ4v) is 0.923. The smallest absolute Gasteiger partial charge is 0.150 e. The van der Waals surface area contributed by atoms with Gasteiger partial charge in [0.1, 0.15) is 6.29 Å². The van der Waals surface area contributed by atoms with E-state index in [1.54, 1.807) is 0 Å². The molecule has 0 fully saturated rings. The highest BCUT2D eigenvalue weighted by molar-refractivity contribution is 5.79. The summed E-state index contributed by atoms with van der Waals surface area (Å²) >= 11 is 0. The van der Waals surface area contributed by atoms with Crippen molar-refractivity contribution in [3.8, 4) is 0 Å². The zero-order valence-electron chi connectivity index (χ0n) is 6.72. The van der Waals surface area contributed by atoms with Crippen LogP contribution in [-0.4, -0.2) is 13.3 Å². The number of aldehydes is 1. The van der Waals surface area contributed by atoms with Crippen LogP contribution in [0, 0.1) is 6.92 Å². The van der Waals surface area contributed by atoms with E-state index in [9.17, 15) is 4.79 Å². The van der Waals surface area contributed by atoms with Crippen LogP contribution in [0.4, 0.5) is 5.69 Å². The van der Waals surface area contributed by atoms with Gasteiger partial charge in [-0.15, -0.1) is 0 Å². The van der Waals surface area contributed by atoms with Crippen molar-refractivity contribution in [1.29, 1.82) is 0 Å². The van der Waals surface area contributed by atoms with Gasteiger partial charge in [0.05, 0.1) is 0 Å². The van der Waals surface area contributed by atoms with Gasteiger partial charge < -0.3 is 5.32 Å². The normalized spacial score (nSPS) is 9.27. The zero-order valence-corrected chi connectivity index (χ0v) is 6.72.